The van der Waals surface area contributed by atoms with Crippen LogP contribution in [0.15, 0.2) is 36.9 Å². The molecule has 0 unspecified atom stereocenters. The van der Waals surface area contributed by atoms with Crippen LogP contribution in [0, 0.1) is 0 Å². The highest BCUT2D eigenvalue weighted by molar-refractivity contribution is 6.02. The van der Waals surface area contributed by atoms with E-state index in [0.717, 1.165) is 29.4 Å². The standard InChI is InChI=1S/C23H23F2N7O2/c1-34-15-5-13(6-15)30-22-27-10-17-16(9-26-20(17)31-22)12-2-3-32-19(4-12)18(11-28-32)21(33)29-14-7-23(24,25)8-14/h2-4,9-11,13-15H,5-8H2,1H3,(H,29,33)(H2,26,27,30,31)/t13-,15+. The Morgan fingerprint density at radius 1 is 1.26 bits per heavy atom. The number of aromatic amines is 1. The average Bonchev–Trinajstić information content (AvgIpc) is 3.38. The molecule has 9 nitrogen and oxygen atoms in total. The summed E-state index contributed by atoms with van der Waals surface area (Å²) in [4.78, 5) is 24.9. The highest BCUT2D eigenvalue weighted by atomic mass is 19.3. The van der Waals surface area contributed by atoms with Gasteiger partial charge in [-0.15, -0.1) is 0 Å². The molecule has 6 rings (SSSR count). The Kier molecular flexibility index (Phi) is 4.76. The largest absolute Gasteiger partial charge is 0.381 e. The summed E-state index contributed by atoms with van der Waals surface area (Å²) < 4.78 is 33.1. The molecule has 3 N–H and O–H groups in total. The minimum absolute atomic E-state index is 0.290. The summed E-state index contributed by atoms with van der Waals surface area (Å²) in [7, 11) is 1.72. The van der Waals surface area contributed by atoms with E-state index in [-0.39, 0.29) is 12.8 Å². The van der Waals surface area contributed by atoms with Crippen LogP contribution in [0.2, 0.25) is 0 Å². The van der Waals surface area contributed by atoms with E-state index in [1.54, 1.807) is 24.0 Å². The fraction of sp³-hybridized carbons (Fsp3) is 0.391. The first-order valence-corrected chi connectivity index (χ1v) is 11.2. The van der Waals surface area contributed by atoms with E-state index in [1.165, 1.54) is 6.20 Å². The molecule has 1 amide bonds. The van der Waals surface area contributed by atoms with Crippen molar-refractivity contribution < 1.29 is 18.3 Å². The number of pyridine rings is 1. The highest BCUT2D eigenvalue weighted by Gasteiger charge is 2.46. The Morgan fingerprint density at radius 3 is 2.85 bits per heavy atom. The van der Waals surface area contributed by atoms with Gasteiger partial charge in [-0.3, -0.25) is 4.79 Å². The summed E-state index contributed by atoms with van der Waals surface area (Å²) in [5, 5.41) is 11.1. The van der Waals surface area contributed by atoms with Crippen LogP contribution in [0.25, 0.3) is 27.7 Å². The quantitative estimate of drug-likeness (QED) is 0.401. The molecule has 4 aromatic rings. The summed E-state index contributed by atoms with van der Waals surface area (Å²) in [6.45, 7) is 0. The number of carbonyl (C=O) groups excluding carboxylic acids is 1. The molecule has 34 heavy (non-hydrogen) atoms. The van der Waals surface area contributed by atoms with Gasteiger partial charge in [0.1, 0.15) is 5.65 Å². The molecule has 4 heterocycles. The highest BCUT2D eigenvalue weighted by Crippen LogP contribution is 2.37. The van der Waals surface area contributed by atoms with Crippen molar-refractivity contribution in [1.29, 1.82) is 0 Å². The number of H-pyrrole nitrogens is 1. The van der Waals surface area contributed by atoms with E-state index < -0.39 is 17.9 Å². The second kappa shape index (κ2) is 7.73. The van der Waals surface area contributed by atoms with Crippen LogP contribution in [0.1, 0.15) is 36.0 Å². The maximum Gasteiger partial charge on any atom is 0.255 e. The molecule has 0 atom stereocenters. The number of aromatic nitrogens is 5. The number of carbonyl (C=O) groups is 1. The molecule has 2 aliphatic carbocycles. The van der Waals surface area contributed by atoms with Crippen LogP contribution in [-0.2, 0) is 4.74 Å². The summed E-state index contributed by atoms with van der Waals surface area (Å²) in [5.41, 5.74) is 3.38. The molecule has 0 bridgehead atoms. The number of halogens is 2. The lowest BCUT2D eigenvalue weighted by atomic mass is 9.88. The van der Waals surface area contributed by atoms with Gasteiger partial charge in [0.15, 0.2) is 0 Å². The van der Waals surface area contributed by atoms with Crippen LogP contribution in [0.5, 0.6) is 0 Å². The third-order valence-corrected chi connectivity index (χ3v) is 6.70. The number of nitrogens with one attached hydrogen (secondary N) is 3. The predicted molar refractivity (Wildman–Crippen MR) is 121 cm³/mol. The molecule has 0 radical (unpaired) electrons. The van der Waals surface area contributed by atoms with Crippen LogP contribution >= 0.6 is 0 Å². The molecule has 4 aromatic heterocycles. The third kappa shape index (κ3) is 3.65. The molecule has 0 aromatic carbocycles. The van der Waals surface area contributed by atoms with Gasteiger partial charge < -0.3 is 20.4 Å². The van der Waals surface area contributed by atoms with Crippen LogP contribution in [0.4, 0.5) is 14.7 Å². The van der Waals surface area contributed by atoms with Gasteiger partial charge in [0.05, 0.1) is 23.4 Å². The average molecular weight is 467 g/mol. The minimum Gasteiger partial charge on any atom is -0.381 e. The van der Waals surface area contributed by atoms with Crippen LogP contribution in [-0.4, -0.2) is 61.7 Å². The molecular weight excluding hydrogens is 444 g/mol. The van der Waals surface area contributed by atoms with Gasteiger partial charge in [-0.1, -0.05) is 0 Å². The van der Waals surface area contributed by atoms with Crippen LogP contribution < -0.4 is 10.6 Å². The smallest absolute Gasteiger partial charge is 0.255 e. The first-order valence-electron chi connectivity index (χ1n) is 11.2. The van der Waals surface area contributed by atoms with Crippen molar-refractivity contribution in [2.24, 2.45) is 0 Å². The zero-order chi connectivity index (χ0) is 23.4. The first-order chi connectivity index (χ1) is 16.4. The molecule has 176 valence electrons. The number of rotatable bonds is 6. The molecule has 0 saturated heterocycles. The first kappa shape index (κ1) is 21.0. The molecule has 2 aliphatic rings. The zero-order valence-corrected chi connectivity index (χ0v) is 18.4. The summed E-state index contributed by atoms with van der Waals surface area (Å²) >= 11 is 0. The lowest BCUT2D eigenvalue weighted by Crippen LogP contribution is -2.50. The molecule has 2 saturated carbocycles. The second-order valence-corrected chi connectivity index (χ2v) is 9.07. The van der Waals surface area contributed by atoms with Crippen molar-refractivity contribution in [3.8, 4) is 11.1 Å². The van der Waals surface area contributed by atoms with Crippen molar-refractivity contribution in [3.63, 3.8) is 0 Å². The van der Waals surface area contributed by atoms with Gasteiger partial charge in [-0.25, -0.2) is 18.3 Å². The Labute approximate surface area is 192 Å². The Hall–Kier alpha value is -3.60. The number of methoxy groups -OCH3 is 1. The SMILES string of the molecule is CO[C@H]1C[C@@H](Nc2ncc3c(-c4ccn5ncc(C(=O)NC6CC(F)(F)C6)c5c4)c[nH]c3n2)C1. The third-order valence-electron chi connectivity index (χ3n) is 6.70. The molecular formula is C23H23F2N7O2. The second-order valence-electron chi connectivity index (χ2n) is 9.07. The normalized spacial score (nSPS) is 21.9. The minimum atomic E-state index is -2.69. The van der Waals surface area contributed by atoms with Crippen molar-refractivity contribution >= 4 is 28.4 Å². The Morgan fingerprint density at radius 2 is 2.09 bits per heavy atom. The van der Waals surface area contributed by atoms with Crippen molar-refractivity contribution in [2.45, 2.75) is 49.8 Å². The molecule has 0 aliphatic heterocycles. The number of ether oxygens (including phenoxy) is 1. The monoisotopic (exact) mass is 467 g/mol. The van der Waals surface area contributed by atoms with Gasteiger partial charge >= 0.3 is 0 Å². The Bertz CT molecular complexity index is 1380. The van der Waals surface area contributed by atoms with E-state index in [9.17, 15) is 13.6 Å². The molecule has 0 spiro atoms. The fourth-order valence-electron chi connectivity index (χ4n) is 4.62. The zero-order valence-electron chi connectivity index (χ0n) is 18.4. The number of hydrogen-bond donors (Lipinski definition) is 3. The van der Waals surface area contributed by atoms with E-state index in [1.807, 2.05) is 18.3 Å². The number of hydrogen-bond acceptors (Lipinski definition) is 6. The topological polar surface area (TPSA) is 109 Å². The molecule has 2 fully saturated rings. The van der Waals surface area contributed by atoms with Crippen LogP contribution in [0.3, 0.4) is 0 Å². The fourth-order valence-corrected chi connectivity index (χ4v) is 4.62. The van der Waals surface area contributed by atoms with Crippen molar-refractivity contribution in [1.82, 2.24) is 29.9 Å². The maximum absolute atomic E-state index is 13.1. The van der Waals surface area contributed by atoms with E-state index in [2.05, 4.69) is 30.7 Å². The van der Waals surface area contributed by atoms with Gasteiger partial charge in [0, 0.05) is 61.6 Å². The van der Waals surface area contributed by atoms with E-state index in [0.29, 0.717) is 34.8 Å². The van der Waals surface area contributed by atoms with Crippen molar-refractivity contribution in [3.05, 3.63) is 42.5 Å². The van der Waals surface area contributed by atoms with Gasteiger partial charge in [0.25, 0.3) is 11.8 Å². The number of anilines is 1. The van der Waals surface area contributed by atoms with E-state index in [4.69, 9.17) is 4.74 Å². The number of alkyl halides is 2. The van der Waals surface area contributed by atoms with E-state index >= 15 is 0 Å². The van der Waals surface area contributed by atoms with Gasteiger partial charge in [-0.2, -0.15) is 10.1 Å². The predicted octanol–water partition coefficient (Wildman–Crippen LogP) is 3.39. The maximum atomic E-state index is 13.1. The van der Waals surface area contributed by atoms with Crippen molar-refractivity contribution in [2.75, 3.05) is 12.4 Å². The number of nitrogens with zero attached hydrogens (tertiary/aromatic N) is 4. The summed E-state index contributed by atoms with van der Waals surface area (Å²) in [6.07, 6.45) is 8.33. The lowest BCUT2D eigenvalue weighted by Gasteiger charge is -2.35. The van der Waals surface area contributed by atoms with Gasteiger partial charge in [-0.05, 0) is 30.5 Å². The molecule has 11 heteroatoms. The van der Waals surface area contributed by atoms with Gasteiger partial charge in [0.2, 0.25) is 5.95 Å². The number of fused-ring (bicyclic) bond motifs is 2. The number of amides is 1. The lowest BCUT2D eigenvalue weighted by molar-refractivity contribution is -0.0901. The Balaban J connectivity index is 1.24. The summed E-state index contributed by atoms with van der Waals surface area (Å²) in [6, 6.07) is 3.53. The summed E-state index contributed by atoms with van der Waals surface area (Å²) in [5.74, 6) is -2.53.